The van der Waals surface area contributed by atoms with E-state index in [0.717, 1.165) is 0 Å². The van der Waals surface area contributed by atoms with Gasteiger partial charge in [0.1, 0.15) is 6.04 Å². The number of hydrogen-bond donors (Lipinski definition) is 2. The summed E-state index contributed by atoms with van der Waals surface area (Å²) in [6.45, 7) is 4.84. The monoisotopic (exact) mass is 332 g/mol. The van der Waals surface area contributed by atoms with E-state index in [1.807, 2.05) is 13.8 Å². The van der Waals surface area contributed by atoms with Crippen LogP contribution in [0.1, 0.15) is 20.3 Å². The van der Waals surface area contributed by atoms with Crippen LogP contribution in [0.3, 0.4) is 0 Å². The number of carboxylic acid groups (broad SMARTS) is 1. The van der Waals surface area contributed by atoms with Crippen LogP contribution in [0.25, 0.3) is 0 Å². The molecule has 1 rings (SSSR count). The fraction of sp³-hybridized carbons (Fsp3) is 0.429. The van der Waals surface area contributed by atoms with Crippen molar-refractivity contribution in [3.8, 4) is 0 Å². The predicted octanol–water partition coefficient (Wildman–Crippen LogP) is 3.12. The zero-order valence-electron chi connectivity index (χ0n) is 11.9. The lowest BCUT2D eigenvalue weighted by Crippen LogP contribution is -2.43. The van der Waals surface area contributed by atoms with Gasteiger partial charge < -0.3 is 10.4 Å². The Hall–Kier alpha value is -1.30. The van der Waals surface area contributed by atoms with E-state index in [9.17, 15) is 14.7 Å². The van der Waals surface area contributed by atoms with Crippen molar-refractivity contribution in [3.63, 3.8) is 0 Å². The highest BCUT2D eigenvalue weighted by Crippen LogP contribution is 2.25. The van der Waals surface area contributed by atoms with Crippen LogP contribution >= 0.6 is 23.2 Å². The Labute approximate surface area is 133 Å². The van der Waals surface area contributed by atoms with Crippen LogP contribution in [0.15, 0.2) is 18.2 Å². The van der Waals surface area contributed by atoms with Gasteiger partial charge in [-0.15, -0.1) is 0 Å². The molecule has 0 spiro atoms. The fourth-order valence-corrected chi connectivity index (χ4v) is 2.30. The molecule has 0 bridgehead atoms. The number of nitrogens with zero attached hydrogens (tertiary/aromatic N) is 1. The summed E-state index contributed by atoms with van der Waals surface area (Å²) in [6.07, 6.45) is -0.128. The van der Waals surface area contributed by atoms with E-state index in [-0.39, 0.29) is 12.3 Å². The zero-order valence-corrected chi connectivity index (χ0v) is 13.4. The summed E-state index contributed by atoms with van der Waals surface area (Å²) < 4.78 is 0. The molecule has 1 unspecified atom stereocenters. The first-order valence-electron chi connectivity index (χ1n) is 6.60. The summed E-state index contributed by atoms with van der Waals surface area (Å²) in [5, 5.41) is 12.6. The number of benzene rings is 1. The molecule has 5 nitrogen and oxygen atoms in total. The third kappa shape index (κ3) is 5.19. The maximum atomic E-state index is 12.0. The molecule has 1 amide bonds. The molecule has 2 N–H and O–H groups in total. The van der Waals surface area contributed by atoms with E-state index in [4.69, 9.17) is 23.2 Å². The Morgan fingerprint density at radius 1 is 1.24 bits per heavy atom. The first-order valence-corrected chi connectivity index (χ1v) is 7.36. The average molecular weight is 333 g/mol. The number of carboxylic acids is 1. The molecule has 0 heterocycles. The van der Waals surface area contributed by atoms with Gasteiger partial charge in [-0.1, -0.05) is 37.0 Å². The minimum atomic E-state index is -1.01. The van der Waals surface area contributed by atoms with Crippen LogP contribution in [0.4, 0.5) is 5.69 Å². The van der Waals surface area contributed by atoms with Crippen molar-refractivity contribution in [2.45, 2.75) is 26.3 Å². The smallest absolute Gasteiger partial charge is 0.321 e. The van der Waals surface area contributed by atoms with E-state index in [1.165, 1.54) is 6.07 Å². The SMILES string of the molecule is CCN(CC)C(CC(=O)Nc1ccc(Cl)c(Cl)c1)C(=O)O. The first-order chi connectivity index (χ1) is 9.88. The van der Waals surface area contributed by atoms with Gasteiger partial charge in [-0.25, -0.2) is 0 Å². The quantitative estimate of drug-likeness (QED) is 0.804. The van der Waals surface area contributed by atoms with E-state index in [0.29, 0.717) is 28.8 Å². The van der Waals surface area contributed by atoms with E-state index in [2.05, 4.69) is 5.32 Å². The van der Waals surface area contributed by atoms with Crippen LogP contribution in [-0.2, 0) is 9.59 Å². The highest BCUT2D eigenvalue weighted by molar-refractivity contribution is 6.42. The summed E-state index contributed by atoms with van der Waals surface area (Å²) in [5.74, 6) is -1.39. The van der Waals surface area contributed by atoms with Crippen molar-refractivity contribution in [2.24, 2.45) is 0 Å². The van der Waals surface area contributed by atoms with Gasteiger partial charge in [0, 0.05) is 5.69 Å². The highest BCUT2D eigenvalue weighted by atomic mass is 35.5. The molecular formula is C14H18Cl2N2O3. The maximum Gasteiger partial charge on any atom is 0.321 e. The van der Waals surface area contributed by atoms with Gasteiger partial charge in [0.05, 0.1) is 16.5 Å². The molecule has 0 aliphatic heterocycles. The lowest BCUT2D eigenvalue weighted by molar-refractivity contribution is -0.145. The van der Waals surface area contributed by atoms with Gasteiger partial charge in [-0.3, -0.25) is 14.5 Å². The number of carbonyl (C=O) groups is 2. The number of likely N-dealkylation sites (N-methyl/N-ethyl adjacent to an activating group) is 1. The van der Waals surface area contributed by atoms with Crippen molar-refractivity contribution in [2.75, 3.05) is 18.4 Å². The van der Waals surface area contributed by atoms with Crippen LogP contribution in [0.2, 0.25) is 10.0 Å². The van der Waals surface area contributed by atoms with Crippen molar-refractivity contribution >= 4 is 40.8 Å². The number of carbonyl (C=O) groups excluding carboxylic acids is 1. The molecule has 21 heavy (non-hydrogen) atoms. The number of amides is 1. The Bertz CT molecular complexity index is 519. The fourth-order valence-electron chi connectivity index (χ4n) is 2.00. The Balaban J connectivity index is 2.73. The zero-order chi connectivity index (χ0) is 16.0. The van der Waals surface area contributed by atoms with Crippen LogP contribution in [-0.4, -0.2) is 41.0 Å². The second-order valence-corrected chi connectivity index (χ2v) is 5.27. The molecule has 0 aliphatic rings. The van der Waals surface area contributed by atoms with E-state index < -0.39 is 12.0 Å². The second kappa shape index (κ2) is 8.22. The molecule has 7 heteroatoms. The topological polar surface area (TPSA) is 69.6 Å². The molecule has 1 aromatic carbocycles. The lowest BCUT2D eigenvalue weighted by Gasteiger charge is -2.25. The largest absolute Gasteiger partial charge is 0.480 e. The normalized spacial score (nSPS) is 12.2. The lowest BCUT2D eigenvalue weighted by atomic mass is 10.1. The minimum Gasteiger partial charge on any atom is -0.480 e. The number of hydrogen-bond acceptors (Lipinski definition) is 3. The summed E-state index contributed by atoms with van der Waals surface area (Å²) in [4.78, 5) is 25.0. The molecule has 0 radical (unpaired) electrons. The van der Waals surface area contributed by atoms with Gasteiger partial charge in [0.15, 0.2) is 0 Å². The summed E-state index contributed by atoms with van der Waals surface area (Å²) in [5.41, 5.74) is 0.484. The number of halogens is 2. The Morgan fingerprint density at radius 2 is 1.86 bits per heavy atom. The number of aliphatic carboxylic acids is 1. The van der Waals surface area contributed by atoms with E-state index in [1.54, 1.807) is 17.0 Å². The molecule has 1 aromatic rings. The second-order valence-electron chi connectivity index (χ2n) is 4.46. The molecular weight excluding hydrogens is 315 g/mol. The van der Waals surface area contributed by atoms with Gasteiger partial charge in [-0.05, 0) is 31.3 Å². The van der Waals surface area contributed by atoms with Gasteiger partial charge in [0.25, 0.3) is 0 Å². The standard InChI is InChI=1S/C14H18Cl2N2O3/c1-3-18(4-2)12(14(20)21)8-13(19)17-9-5-6-10(15)11(16)7-9/h5-7,12H,3-4,8H2,1-2H3,(H,17,19)(H,20,21). The van der Waals surface area contributed by atoms with Crippen molar-refractivity contribution in [3.05, 3.63) is 28.2 Å². The van der Waals surface area contributed by atoms with Crippen LogP contribution < -0.4 is 5.32 Å². The third-order valence-electron chi connectivity index (χ3n) is 3.12. The summed E-state index contributed by atoms with van der Waals surface area (Å²) in [7, 11) is 0. The third-order valence-corrected chi connectivity index (χ3v) is 3.86. The Kier molecular flexibility index (Phi) is 6.95. The van der Waals surface area contributed by atoms with Crippen molar-refractivity contribution in [1.82, 2.24) is 4.90 Å². The predicted molar refractivity (Wildman–Crippen MR) is 84.1 cm³/mol. The van der Waals surface area contributed by atoms with Gasteiger partial charge >= 0.3 is 5.97 Å². The Morgan fingerprint density at radius 3 is 2.33 bits per heavy atom. The van der Waals surface area contributed by atoms with Crippen LogP contribution in [0, 0.1) is 0 Å². The first kappa shape index (κ1) is 17.8. The number of anilines is 1. The molecule has 1 atom stereocenters. The number of rotatable bonds is 7. The van der Waals surface area contributed by atoms with Crippen molar-refractivity contribution < 1.29 is 14.7 Å². The van der Waals surface area contributed by atoms with E-state index >= 15 is 0 Å². The molecule has 0 aromatic heterocycles. The minimum absolute atomic E-state index is 0.128. The molecule has 0 saturated carbocycles. The molecule has 0 saturated heterocycles. The van der Waals surface area contributed by atoms with Crippen LogP contribution in [0.5, 0.6) is 0 Å². The maximum absolute atomic E-state index is 12.0. The summed E-state index contributed by atoms with van der Waals surface area (Å²) >= 11 is 11.7. The highest BCUT2D eigenvalue weighted by Gasteiger charge is 2.26. The summed E-state index contributed by atoms with van der Waals surface area (Å²) in [6, 6.07) is 3.86. The number of nitrogens with one attached hydrogen (secondary N) is 1. The van der Waals surface area contributed by atoms with Gasteiger partial charge in [0.2, 0.25) is 5.91 Å². The molecule has 0 fully saturated rings. The average Bonchev–Trinajstić information content (AvgIpc) is 2.43. The van der Waals surface area contributed by atoms with Gasteiger partial charge in [-0.2, -0.15) is 0 Å². The van der Waals surface area contributed by atoms with Crippen molar-refractivity contribution in [1.29, 1.82) is 0 Å². The molecule has 116 valence electrons. The molecule has 0 aliphatic carbocycles.